The van der Waals surface area contributed by atoms with E-state index in [1.165, 1.54) is 7.11 Å². The standard InChI is InChI=1S/C15H14O2/c1-17-15(16)11-9-14(10-12-15)8-7-13-5-3-2-4-6-13/h2-6,9-11,16H,12H2,1H3. The molecular formula is C15H14O2. The molecule has 1 aromatic carbocycles. The lowest BCUT2D eigenvalue weighted by Crippen LogP contribution is -2.28. The number of ether oxygens (including phenoxy) is 1. The molecule has 0 bridgehead atoms. The number of allylic oxidation sites excluding steroid dienone is 2. The van der Waals surface area contributed by atoms with Gasteiger partial charge in [-0.25, -0.2) is 0 Å². The number of aliphatic hydroxyl groups is 1. The molecule has 0 radical (unpaired) electrons. The molecule has 1 aliphatic rings. The zero-order valence-electron chi connectivity index (χ0n) is 9.68. The molecule has 0 spiro atoms. The van der Waals surface area contributed by atoms with Crippen LogP contribution in [-0.2, 0) is 4.74 Å². The van der Waals surface area contributed by atoms with Gasteiger partial charge in [-0.2, -0.15) is 0 Å². The summed E-state index contributed by atoms with van der Waals surface area (Å²) in [6.07, 6.45) is 5.71. The Morgan fingerprint density at radius 3 is 2.59 bits per heavy atom. The Hall–Kier alpha value is -1.82. The van der Waals surface area contributed by atoms with Gasteiger partial charge in [-0.3, -0.25) is 0 Å². The Balaban J connectivity index is 2.09. The molecular weight excluding hydrogens is 212 g/mol. The maximum absolute atomic E-state index is 9.78. The van der Waals surface area contributed by atoms with Gasteiger partial charge in [0.1, 0.15) is 0 Å². The number of hydrogen-bond donors (Lipinski definition) is 1. The zero-order valence-corrected chi connectivity index (χ0v) is 9.68. The van der Waals surface area contributed by atoms with Gasteiger partial charge in [-0.15, -0.1) is 0 Å². The van der Waals surface area contributed by atoms with E-state index in [1.54, 1.807) is 12.2 Å². The fourth-order valence-corrected chi connectivity index (χ4v) is 1.52. The van der Waals surface area contributed by atoms with E-state index >= 15 is 0 Å². The van der Waals surface area contributed by atoms with Gasteiger partial charge in [0, 0.05) is 24.7 Å². The van der Waals surface area contributed by atoms with E-state index < -0.39 is 5.79 Å². The Kier molecular flexibility index (Phi) is 3.43. The predicted octanol–water partition coefficient (Wildman–Crippen LogP) is 2.26. The summed E-state index contributed by atoms with van der Waals surface area (Å²) in [7, 11) is 1.48. The summed E-state index contributed by atoms with van der Waals surface area (Å²) in [6.45, 7) is 0. The highest BCUT2D eigenvalue weighted by molar-refractivity contribution is 5.46. The lowest BCUT2D eigenvalue weighted by molar-refractivity contribution is -0.143. The molecule has 0 fully saturated rings. The maximum atomic E-state index is 9.78. The fraction of sp³-hybridized carbons (Fsp3) is 0.200. The summed E-state index contributed by atoms with van der Waals surface area (Å²) >= 11 is 0. The minimum atomic E-state index is -1.17. The van der Waals surface area contributed by atoms with E-state index in [9.17, 15) is 5.11 Å². The highest BCUT2D eigenvalue weighted by atomic mass is 16.6. The van der Waals surface area contributed by atoms with Crippen molar-refractivity contribution < 1.29 is 9.84 Å². The Labute approximate surface area is 101 Å². The second-order valence-electron chi connectivity index (χ2n) is 3.86. The van der Waals surface area contributed by atoms with E-state index in [0.29, 0.717) is 6.42 Å². The molecule has 1 N–H and O–H groups in total. The minimum Gasteiger partial charge on any atom is -0.362 e. The van der Waals surface area contributed by atoms with Crippen molar-refractivity contribution in [1.29, 1.82) is 0 Å². The first kappa shape index (κ1) is 11.7. The van der Waals surface area contributed by atoms with Crippen molar-refractivity contribution in [1.82, 2.24) is 0 Å². The lowest BCUT2D eigenvalue weighted by Gasteiger charge is -2.23. The highest BCUT2D eigenvalue weighted by Gasteiger charge is 2.23. The second-order valence-corrected chi connectivity index (χ2v) is 3.86. The number of rotatable bonds is 1. The molecule has 0 saturated carbocycles. The van der Waals surface area contributed by atoms with Crippen LogP contribution < -0.4 is 0 Å². The van der Waals surface area contributed by atoms with Crippen LogP contribution in [0.1, 0.15) is 12.0 Å². The molecule has 1 aliphatic carbocycles. The lowest BCUT2D eigenvalue weighted by atomic mass is 10.0. The Morgan fingerprint density at radius 1 is 1.24 bits per heavy atom. The Morgan fingerprint density at radius 2 is 2.00 bits per heavy atom. The second kappa shape index (κ2) is 5.01. The average Bonchev–Trinajstić information content (AvgIpc) is 2.39. The summed E-state index contributed by atoms with van der Waals surface area (Å²) in [5, 5.41) is 9.78. The highest BCUT2D eigenvalue weighted by Crippen LogP contribution is 2.20. The molecule has 1 unspecified atom stereocenters. The van der Waals surface area contributed by atoms with E-state index in [2.05, 4.69) is 11.8 Å². The third-order valence-electron chi connectivity index (χ3n) is 2.62. The summed E-state index contributed by atoms with van der Waals surface area (Å²) in [5.41, 5.74) is 1.88. The zero-order chi connectivity index (χ0) is 12.1. The minimum absolute atomic E-state index is 0.429. The van der Waals surface area contributed by atoms with E-state index in [-0.39, 0.29) is 0 Å². The van der Waals surface area contributed by atoms with Crippen LogP contribution in [0.15, 0.2) is 54.1 Å². The monoisotopic (exact) mass is 226 g/mol. The molecule has 0 aromatic heterocycles. The molecule has 17 heavy (non-hydrogen) atoms. The molecule has 0 aliphatic heterocycles. The van der Waals surface area contributed by atoms with Gasteiger partial charge in [-0.1, -0.05) is 36.1 Å². The Bertz CT molecular complexity index is 503. The predicted molar refractivity (Wildman–Crippen MR) is 67.1 cm³/mol. The van der Waals surface area contributed by atoms with Crippen molar-refractivity contribution >= 4 is 0 Å². The van der Waals surface area contributed by atoms with Crippen molar-refractivity contribution in [3.05, 3.63) is 59.7 Å². The van der Waals surface area contributed by atoms with Gasteiger partial charge in [0.05, 0.1) is 0 Å². The smallest absolute Gasteiger partial charge is 0.188 e. The number of benzene rings is 1. The van der Waals surface area contributed by atoms with Crippen molar-refractivity contribution in [2.45, 2.75) is 12.2 Å². The topological polar surface area (TPSA) is 29.5 Å². The molecule has 0 saturated heterocycles. The van der Waals surface area contributed by atoms with Crippen LogP contribution in [0, 0.1) is 11.8 Å². The third kappa shape index (κ3) is 3.07. The van der Waals surface area contributed by atoms with Gasteiger partial charge >= 0.3 is 0 Å². The van der Waals surface area contributed by atoms with Crippen molar-refractivity contribution in [3.63, 3.8) is 0 Å². The maximum Gasteiger partial charge on any atom is 0.188 e. The van der Waals surface area contributed by atoms with Crippen LogP contribution >= 0.6 is 0 Å². The summed E-state index contributed by atoms with van der Waals surface area (Å²) in [4.78, 5) is 0. The first-order chi connectivity index (χ1) is 8.22. The average molecular weight is 226 g/mol. The van der Waals surface area contributed by atoms with Gasteiger partial charge < -0.3 is 9.84 Å². The van der Waals surface area contributed by atoms with E-state index in [4.69, 9.17) is 4.74 Å². The van der Waals surface area contributed by atoms with Crippen LogP contribution in [0.4, 0.5) is 0 Å². The van der Waals surface area contributed by atoms with Gasteiger partial charge in [-0.05, 0) is 24.3 Å². The molecule has 1 aromatic rings. The summed E-state index contributed by atoms with van der Waals surface area (Å²) in [5.74, 6) is 4.96. The molecule has 2 heteroatoms. The van der Waals surface area contributed by atoms with Crippen molar-refractivity contribution in [3.8, 4) is 11.8 Å². The van der Waals surface area contributed by atoms with E-state index in [0.717, 1.165) is 11.1 Å². The van der Waals surface area contributed by atoms with Gasteiger partial charge in [0.2, 0.25) is 0 Å². The van der Waals surface area contributed by atoms with Crippen LogP contribution in [0.25, 0.3) is 0 Å². The van der Waals surface area contributed by atoms with Gasteiger partial charge in [0.15, 0.2) is 5.79 Å². The first-order valence-electron chi connectivity index (χ1n) is 5.46. The van der Waals surface area contributed by atoms with Crippen LogP contribution in [0.2, 0.25) is 0 Å². The molecule has 0 amide bonds. The summed E-state index contributed by atoms with van der Waals surface area (Å²) in [6, 6.07) is 9.80. The SMILES string of the molecule is COC1(O)C=CC(C#Cc2ccccc2)=CC1. The van der Waals surface area contributed by atoms with Crippen LogP contribution in [-0.4, -0.2) is 18.0 Å². The molecule has 0 heterocycles. The van der Waals surface area contributed by atoms with E-state index in [1.807, 2.05) is 36.4 Å². The fourth-order valence-electron chi connectivity index (χ4n) is 1.52. The van der Waals surface area contributed by atoms with Gasteiger partial charge in [0.25, 0.3) is 0 Å². The molecule has 86 valence electrons. The van der Waals surface area contributed by atoms with Crippen molar-refractivity contribution in [2.24, 2.45) is 0 Å². The number of methoxy groups -OCH3 is 1. The molecule has 2 nitrogen and oxygen atoms in total. The quantitative estimate of drug-likeness (QED) is 0.588. The largest absolute Gasteiger partial charge is 0.362 e. The number of hydrogen-bond acceptors (Lipinski definition) is 2. The van der Waals surface area contributed by atoms with Crippen LogP contribution in [0.5, 0.6) is 0 Å². The summed E-state index contributed by atoms with van der Waals surface area (Å²) < 4.78 is 4.97. The van der Waals surface area contributed by atoms with Crippen molar-refractivity contribution in [2.75, 3.05) is 7.11 Å². The molecule has 1 atom stereocenters. The van der Waals surface area contributed by atoms with Crippen LogP contribution in [0.3, 0.4) is 0 Å². The first-order valence-corrected chi connectivity index (χ1v) is 5.46. The normalized spacial score (nSPS) is 22.6. The molecule has 2 rings (SSSR count). The third-order valence-corrected chi connectivity index (χ3v) is 2.62.